The van der Waals surface area contributed by atoms with Crippen LogP contribution in [0.2, 0.25) is 0 Å². The third-order valence-corrected chi connectivity index (χ3v) is 7.53. The molecule has 2 N–H and O–H groups in total. The highest BCUT2D eigenvalue weighted by molar-refractivity contribution is 8.01. The van der Waals surface area contributed by atoms with E-state index in [1.165, 1.54) is 17.5 Å². The quantitative estimate of drug-likeness (QED) is 0.385. The van der Waals surface area contributed by atoms with Crippen molar-refractivity contribution in [3.05, 3.63) is 41.3 Å². The van der Waals surface area contributed by atoms with Gasteiger partial charge in [0.15, 0.2) is 16.8 Å². The monoisotopic (exact) mass is 487 g/mol. The zero-order valence-corrected chi connectivity index (χ0v) is 19.1. The lowest BCUT2D eigenvalue weighted by Crippen LogP contribution is -2.45. The van der Waals surface area contributed by atoms with Gasteiger partial charge in [-0.15, -0.1) is 11.8 Å². The zero-order chi connectivity index (χ0) is 23.3. The van der Waals surface area contributed by atoms with Crippen molar-refractivity contribution >= 4 is 40.2 Å². The van der Waals surface area contributed by atoms with Gasteiger partial charge in [-0.25, -0.2) is 22.9 Å². The second kappa shape index (κ2) is 11.0. The molecule has 1 heterocycles. The Labute approximate surface area is 192 Å². The van der Waals surface area contributed by atoms with E-state index in [1.54, 1.807) is 4.90 Å². The molecule has 1 aromatic heterocycles. The number of thiazole rings is 1. The normalized spacial score (nSPS) is 18.4. The number of amides is 2. The van der Waals surface area contributed by atoms with Crippen LogP contribution in [0.1, 0.15) is 38.2 Å². The highest BCUT2D eigenvalue weighted by Gasteiger charge is 2.28. The lowest BCUT2D eigenvalue weighted by molar-refractivity contribution is -0.133. The van der Waals surface area contributed by atoms with Crippen molar-refractivity contribution in [2.45, 2.75) is 49.3 Å². The molecule has 1 aliphatic rings. The van der Waals surface area contributed by atoms with E-state index in [-0.39, 0.29) is 30.3 Å². The zero-order valence-electron chi connectivity index (χ0n) is 17.4. The maximum absolute atomic E-state index is 14.1. The molecule has 1 aliphatic carbocycles. The van der Waals surface area contributed by atoms with Gasteiger partial charge in [-0.2, -0.15) is 0 Å². The Balaban J connectivity index is 1.70. The van der Waals surface area contributed by atoms with Crippen LogP contribution < -0.4 is 5.32 Å². The molecule has 3 rings (SSSR count). The first-order valence-electron chi connectivity index (χ1n) is 10.2. The Hall–Kier alpha value is -2.27. The average molecular weight is 488 g/mol. The molecule has 174 valence electrons. The van der Waals surface area contributed by atoms with Gasteiger partial charge in [0.2, 0.25) is 0 Å². The maximum Gasteiger partial charge on any atom is 0.323 e. The van der Waals surface area contributed by atoms with Crippen molar-refractivity contribution in [2.24, 2.45) is 5.92 Å². The second-order valence-corrected chi connectivity index (χ2v) is 10.1. The summed E-state index contributed by atoms with van der Waals surface area (Å²) in [5.74, 6) is -3.72. The number of carbonyl (C=O) groups is 2. The molecule has 32 heavy (non-hydrogen) atoms. The van der Waals surface area contributed by atoms with Crippen LogP contribution >= 0.6 is 23.1 Å². The number of aromatic nitrogens is 1. The van der Waals surface area contributed by atoms with Crippen molar-refractivity contribution in [1.82, 2.24) is 9.88 Å². The number of carboxylic acid groups (broad SMARTS) is 1. The molecule has 2 aromatic rings. The number of nitrogens with one attached hydrogen (secondary N) is 1. The molecule has 11 heteroatoms. The number of thioether (sulfide) groups is 1. The van der Waals surface area contributed by atoms with E-state index in [0.717, 1.165) is 43.5 Å². The van der Waals surface area contributed by atoms with Gasteiger partial charge in [-0.3, -0.25) is 10.1 Å². The summed E-state index contributed by atoms with van der Waals surface area (Å²) in [6.07, 6.45) is 5.05. The number of halogens is 3. The fraction of sp³-hybridized carbons (Fsp3) is 0.476. The van der Waals surface area contributed by atoms with Crippen LogP contribution in [0.5, 0.6) is 0 Å². The van der Waals surface area contributed by atoms with E-state index >= 15 is 0 Å². The van der Waals surface area contributed by atoms with Crippen molar-refractivity contribution < 1.29 is 27.9 Å². The molecule has 6 nitrogen and oxygen atoms in total. The van der Waals surface area contributed by atoms with Crippen LogP contribution in [-0.4, -0.2) is 45.3 Å². The third-order valence-electron chi connectivity index (χ3n) is 5.43. The summed E-state index contributed by atoms with van der Waals surface area (Å²) in [5, 5.41) is 11.8. The molecular formula is C21H24F3N3O3S2. The first kappa shape index (κ1) is 24.4. The van der Waals surface area contributed by atoms with Gasteiger partial charge in [0.05, 0.1) is 16.2 Å². The molecule has 0 unspecified atom stereocenters. The Kier molecular flexibility index (Phi) is 8.41. The van der Waals surface area contributed by atoms with Gasteiger partial charge in [0.25, 0.3) is 0 Å². The van der Waals surface area contributed by atoms with Crippen molar-refractivity contribution in [2.75, 3.05) is 17.6 Å². The van der Waals surface area contributed by atoms with Crippen LogP contribution in [0.15, 0.2) is 22.5 Å². The SMILES string of the molecule is C[C@H]1CC[C@H](N(CCc2cc(F)c(F)cc2F)C(=O)Nc2ncc(SCC(=O)O)s2)CC1. The minimum atomic E-state index is -1.25. The molecule has 0 radical (unpaired) electrons. The van der Waals surface area contributed by atoms with Crippen LogP contribution in [0.3, 0.4) is 0 Å². The Morgan fingerprint density at radius 3 is 2.56 bits per heavy atom. The number of nitrogens with zero attached hydrogens (tertiary/aromatic N) is 2. The molecule has 0 atom stereocenters. The van der Waals surface area contributed by atoms with Crippen LogP contribution in [0.25, 0.3) is 0 Å². The number of carbonyl (C=O) groups excluding carboxylic acids is 1. The molecule has 0 spiro atoms. The van der Waals surface area contributed by atoms with E-state index in [4.69, 9.17) is 5.11 Å². The highest BCUT2D eigenvalue weighted by atomic mass is 32.2. The van der Waals surface area contributed by atoms with Gasteiger partial charge in [0.1, 0.15) is 5.82 Å². The highest BCUT2D eigenvalue weighted by Crippen LogP contribution is 2.30. The van der Waals surface area contributed by atoms with Gasteiger partial charge in [-0.1, -0.05) is 18.3 Å². The molecule has 2 amide bonds. The maximum atomic E-state index is 14.1. The van der Waals surface area contributed by atoms with Gasteiger partial charge in [0, 0.05) is 18.7 Å². The van der Waals surface area contributed by atoms with Crippen LogP contribution in [-0.2, 0) is 11.2 Å². The summed E-state index contributed by atoms with van der Waals surface area (Å²) in [6, 6.07) is 0.886. The summed E-state index contributed by atoms with van der Waals surface area (Å²) in [7, 11) is 0. The predicted octanol–water partition coefficient (Wildman–Crippen LogP) is 5.39. The molecule has 0 aliphatic heterocycles. The fourth-order valence-corrected chi connectivity index (χ4v) is 5.26. The predicted molar refractivity (Wildman–Crippen MR) is 118 cm³/mol. The number of anilines is 1. The Morgan fingerprint density at radius 2 is 1.88 bits per heavy atom. The summed E-state index contributed by atoms with van der Waals surface area (Å²) in [6.45, 7) is 2.29. The van der Waals surface area contributed by atoms with Crippen LogP contribution in [0, 0.1) is 23.4 Å². The minimum Gasteiger partial charge on any atom is -0.481 e. The van der Waals surface area contributed by atoms with Crippen molar-refractivity contribution in [3.63, 3.8) is 0 Å². The lowest BCUT2D eigenvalue weighted by Gasteiger charge is -2.36. The number of hydrogen-bond acceptors (Lipinski definition) is 5. The van der Waals surface area contributed by atoms with Crippen molar-refractivity contribution in [3.8, 4) is 0 Å². The molecule has 0 bridgehead atoms. The van der Waals surface area contributed by atoms with Gasteiger partial charge >= 0.3 is 12.0 Å². The number of benzene rings is 1. The third kappa shape index (κ3) is 6.61. The van der Waals surface area contributed by atoms with E-state index in [1.807, 2.05) is 0 Å². The average Bonchev–Trinajstić information content (AvgIpc) is 3.18. The number of hydrogen-bond donors (Lipinski definition) is 2. The summed E-state index contributed by atoms with van der Waals surface area (Å²) in [5.41, 5.74) is 0.00693. The Bertz CT molecular complexity index is 965. The number of carboxylic acids is 1. The van der Waals surface area contributed by atoms with Crippen molar-refractivity contribution in [1.29, 1.82) is 0 Å². The first-order chi connectivity index (χ1) is 15.2. The number of aliphatic carboxylic acids is 1. The van der Waals surface area contributed by atoms with E-state index in [2.05, 4.69) is 17.2 Å². The number of rotatable bonds is 8. The number of urea groups is 1. The molecule has 1 saturated carbocycles. The second-order valence-electron chi connectivity index (χ2n) is 7.81. The minimum absolute atomic E-state index is 0.00693. The fourth-order valence-electron chi connectivity index (χ4n) is 3.68. The lowest BCUT2D eigenvalue weighted by atomic mass is 9.86. The van der Waals surface area contributed by atoms with E-state index < -0.39 is 29.5 Å². The Morgan fingerprint density at radius 1 is 1.19 bits per heavy atom. The molecule has 1 aromatic carbocycles. The van der Waals surface area contributed by atoms with Crippen LogP contribution in [0.4, 0.5) is 23.1 Å². The topological polar surface area (TPSA) is 82.5 Å². The largest absolute Gasteiger partial charge is 0.481 e. The van der Waals surface area contributed by atoms with E-state index in [0.29, 0.717) is 21.3 Å². The summed E-state index contributed by atoms with van der Waals surface area (Å²) < 4.78 is 41.5. The smallest absolute Gasteiger partial charge is 0.323 e. The summed E-state index contributed by atoms with van der Waals surface area (Å²) >= 11 is 2.28. The molecule has 1 fully saturated rings. The van der Waals surface area contributed by atoms with Gasteiger partial charge in [-0.05, 0) is 49.7 Å². The molecule has 0 saturated heterocycles. The van der Waals surface area contributed by atoms with E-state index in [9.17, 15) is 22.8 Å². The standard InChI is InChI=1S/C21H24F3N3O3S2/c1-12-2-4-14(5-3-12)27(7-6-13-8-16(23)17(24)9-15(13)22)21(30)26-20-25-10-19(32-20)31-11-18(28)29/h8-10,12,14H,2-7,11H2,1H3,(H,28,29)(H,25,26,30)/t12-,14-. The van der Waals surface area contributed by atoms with Gasteiger partial charge < -0.3 is 10.0 Å². The molecular weight excluding hydrogens is 463 g/mol. The summed E-state index contributed by atoms with van der Waals surface area (Å²) in [4.78, 5) is 29.5. The first-order valence-corrected chi connectivity index (χ1v) is 12.0.